The molecule has 1 N–H and O–H groups in total. The molecule has 2 heterocycles. The lowest BCUT2D eigenvalue weighted by Gasteiger charge is -2.38. The van der Waals surface area contributed by atoms with Gasteiger partial charge in [0.1, 0.15) is 23.4 Å². The van der Waals surface area contributed by atoms with E-state index < -0.39 is 59.3 Å². The Morgan fingerprint density at radius 2 is 1.78 bits per heavy atom. The van der Waals surface area contributed by atoms with Crippen molar-refractivity contribution in [1.29, 1.82) is 0 Å². The number of allylic oxidation sites excluding steroid dienone is 2. The molecule has 2 aromatic carbocycles. The minimum Gasteiger partial charge on any atom is -0.493 e. The van der Waals surface area contributed by atoms with Crippen molar-refractivity contribution in [3.05, 3.63) is 112 Å². The fourth-order valence-electron chi connectivity index (χ4n) is 6.63. The Balaban J connectivity index is 1.76. The average Bonchev–Trinajstić information content (AvgIpc) is 3.09. The number of likely N-dealkylation sites (tertiary alicyclic amines) is 1. The molecule has 0 aliphatic carbocycles. The van der Waals surface area contributed by atoms with Gasteiger partial charge in [-0.15, -0.1) is 13.2 Å². The summed E-state index contributed by atoms with van der Waals surface area (Å²) in [5.41, 5.74) is -0.984. The van der Waals surface area contributed by atoms with E-state index in [9.17, 15) is 31.9 Å². The molecule has 2 atom stereocenters. The second-order valence-corrected chi connectivity index (χ2v) is 13.5. The number of pyridine rings is 1. The van der Waals surface area contributed by atoms with Crippen LogP contribution in [-0.2, 0) is 31.7 Å². The van der Waals surface area contributed by atoms with Crippen molar-refractivity contribution in [3.63, 3.8) is 0 Å². The number of carbonyl (C=O) groups is 2. The second kappa shape index (κ2) is 19.2. The number of ether oxygens (including phenoxy) is 3. The Morgan fingerprint density at radius 1 is 1.05 bits per heavy atom. The number of alkyl halides is 3. The van der Waals surface area contributed by atoms with Crippen molar-refractivity contribution in [2.75, 3.05) is 40.0 Å². The molecule has 0 radical (unpaired) electrons. The molecule has 0 saturated carbocycles. The third-order valence-corrected chi connectivity index (χ3v) is 9.46. The molecule has 0 spiro atoms. The van der Waals surface area contributed by atoms with Gasteiger partial charge in [0.25, 0.3) is 5.56 Å². The highest BCUT2D eigenvalue weighted by Gasteiger charge is 2.36. The van der Waals surface area contributed by atoms with E-state index in [0.29, 0.717) is 48.7 Å². The predicted octanol–water partition coefficient (Wildman–Crippen LogP) is 7.58. The summed E-state index contributed by atoms with van der Waals surface area (Å²) in [6.07, 6.45) is -0.264. The number of nitrogens with one attached hydrogen (secondary N) is 1. The molecule has 0 bridgehead atoms. The van der Waals surface area contributed by atoms with Gasteiger partial charge in [0, 0.05) is 56.2 Å². The van der Waals surface area contributed by atoms with Crippen LogP contribution >= 0.6 is 0 Å². The van der Waals surface area contributed by atoms with E-state index >= 15 is 4.39 Å². The van der Waals surface area contributed by atoms with Gasteiger partial charge in [-0.1, -0.05) is 12.2 Å². The average molecular weight is 774 g/mol. The summed E-state index contributed by atoms with van der Waals surface area (Å²) in [5, 5.41) is 2.68. The van der Waals surface area contributed by atoms with Gasteiger partial charge >= 0.3 is 12.1 Å². The van der Waals surface area contributed by atoms with Crippen LogP contribution in [0.3, 0.4) is 0 Å². The summed E-state index contributed by atoms with van der Waals surface area (Å²) in [6.45, 7) is 13.7. The van der Waals surface area contributed by atoms with Crippen molar-refractivity contribution in [2.45, 2.75) is 77.2 Å². The number of esters is 1. The number of aromatic nitrogens is 1. The molecule has 1 aliphatic rings. The number of rotatable bonds is 19. The smallest absolute Gasteiger partial charge is 0.416 e. The maximum absolute atomic E-state index is 16.2. The predicted molar refractivity (Wildman–Crippen MR) is 199 cm³/mol. The van der Waals surface area contributed by atoms with Crippen molar-refractivity contribution in [3.8, 4) is 16.9 Å². The molecule has 3 aromatic rings. The number of nitrogens with zero attached hydrogens (tertiary/aromatic N) is 2. The van der Waals surface area contributed by atoms with Crippen molar-refractivity contribution in [2.24, 2.45) is 0 Å². The van der Waals surface area contributed by atoms with Gasteiger partial charge in [0.2, 0.25) is 5.91 Å². The Morgan fingerprint density at radius 3 is 2.42 bits per heavy atom. The fraction of sp³-hybridized carbons (Fsp3) is 0.439. The van der Waals surface area contributed by atoms with Crippen LogP contribution in [0.15, 0.2) is 66.6 Å². The first-order valence-corrected chi connectivity index (χ1v) is 18.1. The number of halogens is 5. The second-order valence-electron chi connectivity index (χ2n) is 13.5. The number of hydrogen-bond donors (Lipinski definition) is 1. The highest BCUT2D eigenvalue weighted by Crippen LogP contribution is 2.38. The maximum Gasteiger partial charge on any atom is 0.416 e. The Kier molecular flexibility index (Phi) is 15.0. The lowest BCUT2D eigenvalue weighted by molar-refractivity contribution is -0.144. The lowest BCUT2D eigenvalue weighted by atomic mass is 9.92. The first-order chi connectivity index (χ1) is 26.1. The Hall–Kier alpha value is -4.82. The third-order valence-electron chi connectivity index (χ3n) is 9.46. The zero-order valence-electron chi connectivity index (χ0n) is 31.6. The van der Waals surface area contributed by atoms with E-state index in [1.54, 1.807) is 33.1 Å². The molecule has 1 saturated heterocycles. The van der Waals surface area contributed by atoms with Gasteiger partial charge in [-0.05, 0) is 86.9 Å². The number of amides is 1. The van der Waals surface area contributed by atoms with Crippen LogP contribution in [0.1, 0.15) is 72.5 Å². The van der Waals surface area contributed by atoms with Crippen LogP contribution in [0.4, 0.5) is 22.0 Å². The van der Waals surface area contributed by atoms with Crippen molar-refractivity contribution in [1.82, 2.24) is 14.8 Å². The first kappa shape index (κ1) is 42.9. The monoisotopic (exact) mass is 773 g/mol. The number of unbranched alkanes of at least 4 members (excludes halogenated alkanes) is 1. The standard InChI is InChI=1S/C41H48F5N3O6/c1-7-10-11-15-55-35-19-29(42)17-25(4)38(35)28-16-26(5)39(43)31(18-28)33(21-37(51)54-9-3)47-40(52)34(12-8-2)49-22-27(13-14-48-23-30(24-48)53-6)32(20-36(49)50)41(44,45)46/h7-8,16-20,22,30,33-34H,1-2,9-15,21,23-24H2,3-6H3,(H,47,52)/t33-,34-/m0/s1. The van der Waals surface area contributed by atoms with E-state index in [-0.39, 0.29) is 61.1 Å². The van der Waals surface area contributed by atoms with E-state index in [0.717, 1.165) is 10.8 Å². The highest BCUT2D eigenvalue weighted by molar-refractivity contribution is 5.82. The van der Waals surface area contributed by atoms with Crippen molar-refractivity contribution >= 4 is 11.9 Å². The fourth-order valence-corrected chi connectivity index (χ4v) is 6.63. The van der Waals surface area contributed by atoms with Gasteiger partial charge in [-0.3, -0.25) is 19.3 Å². The first-order valence-electron chi connectivity index (χ1n) is 18.1. The van der Waals surface area contributed by atoms with Gasteiger partial charge in [-0.25, -0.2) is 8.78 Å². The SMILES string of the molecule is C=CCCCOc1cc(F)cc(C)c1-c1cc(C)c(F)c([C@H](CC(=O)OCC)NC(=O)[C@H](CC=C)n2cc(CCN3CC(OC)C3)c(C(F)(F)F)cc2=O)c1. The normalized spacial score (nSPS) is 14.5. The number of hydrogen-bond acceptors (Lipinski definition) is 7. The number of aryl methyl sites for hydroxylation is 2. The number of methoxy groups -OCH3 is 1. The molecular formula is C41H48F5N3O6. The molecule has 4 rings (SSSR count). The third kappa shape index (κ3) is 10.9. The molecular weight excluding hydrogens is 725 g/mol. The molecule has 1 amide bonds. The molecule has 14 heteroatoms. The van der Waals surface area contributed by atoms with Crippen molar-refractivity contribution < 1.29 is 45.8 Å². The summed E-state index contributed by atoms with van der Waals surface area (Å²) in [5.74, 6) is -2.72. The summed E-state index contributed by atoms with van der Waals surface area (Å²) < 4.78 is 90.5. The Labute approximate surface area is 317 Å². The lowest BCUT2D eigenvalue weighted by Crippen LogP contribution is -2.52. The van der Waals surface area contributed by atoms with Crippen LogP contribution < -0.4 is 15.6 Å². The minimum absolute atomic E-state index is 0.00521. The maximum atomic E-state index is 16.2. The summed E-state index contributed by atoms with van der Waals surface area (Å²) in [7, 11) is 1.55. The van der Waals surface area contributed by atoms with Crippen LogP contribution in [0.25, 0.3) is 11.1 Å². The van der Waals surface area contributed by atoms with E-state index in [2.05, 4.69) is 18.5 Å². The minimum atomic E-state index is -4.84. The topological polar surface area (TPSA) is 99.1 Å². The number of benzene rings is 2. The zero-order valence-corrected chi connectivity index (χ0v) is 31.6. The van der Waals surface area contributed by atoms with Crippen LogP contribution in [0, 0.1) is 25.5 Å². The van der Waals surface area contributed by atoms with Gasteiger partial charge in [-0.2, -0.15) is 13.2 Å². The summed E-state index contributed by atoms with van der Waals surface area (Å²) >= 11 is 0. The van der Waals surface area contributed by atoms with Gasteiger partial charge in [0.15, 0.2) is 0 Å². The summed E-state index contributed by atoms with van der Waals surface area (Å²) in [6, 6.07) is 3.19. The highest BCUT2D eigenvalue weighted by atomic mass is 19.4. The van der Waals surface area contributed by atoms with E-state index in [4.69, 9.17) is 14.2 Å². The molecule has 1 fully saturated rings. The van der Waals surface area contributed by atoms with Crippen LogP contribution in [-0.4, -0.2) is 67.4 Å². The van der Waals surface area contributed by atoms with Crippen LogP contribution in [0.2, 0.25) is 0 Å². The van der Waals surface area contributed by atoms with Gasteiger partial charge < -0.3 is 24.1 Å². The van der Waals surface area contributed by atoms with Crippen LogP contribution in [0.5, 0.6) is 5.75 Å². The molecule has 9 nitrogen and oxygen atoms in total. The Bertz CT molecular complexity index is 1920. The quantitative estimate of drug-likeness (QED) is 0.0581. The van der Waals surface area contributed by atoms with Gasteiger partial charge in [0.05, 0.1) is 37.3 Å². The molecule has 0 unspecified atom stereocenters. The summed E-state index contributed by atoms with van der Waals surface area (Å²) in [4.78, 5) is 42.3. The zero-order chi connectivity index (χ0) is 40.4. The molecule has 1 aromatic heterocycles. The van der Waals surface area contributed by atoms with E-state index in [1.807, 2.05) is 4.90 Å². The molecule has 298 valence electrons. The molecule has 55 heavy (non-hydrogen) atoms. The largest absolute Gasteiger partial charge is 0.493 e. The number of carbonyl (C=O) groups excluding carboxylic acids is 2. The van der Waals surface area contributed by atoms with E-state index in [1.165, 1.54) is 31.2 Å². The molecule has 1 aliphatic heterocycles.